The van der Waals surface area contributed by atoms with Gasteiger partial charge in [-0.25, -0.2) is 0 Å². The molecule has 0 saturated heterocycles. The summed E-state index contributed by atoms with van der Waals surface area (Å²) in [6, 6.07) is 23.8. The average molecular weight is 995 g/mol. The Morgan fingerprint density at radius 1 is 0.530 bits per heavy atom. The van der Waals surface area contributed by atoms with Gasteiger partial charge in [0.2, 0.25) is 12.1 Å². The summed E-state index contributed by atoms with van der Waals surface area (Å²) in [7, 11) is 0. The van der Waals surface area contributed by atoms with Gasteiger partial charge in [-0.3, -0.25) is 28.8 Å². The van der Waals surface area contributed by atoms with Crippen LogP contribution in [-0.4, -0.2) is 71.5 Å². The van der Waals surface area contributed by atoms with Gasteiger partial charge in [0.1, 0.15) is 12.4 Å². The first-order valence-corrected chi connectivity index (χ1v) is 22.3. The van der Waals surface area contributed by atoms with Gasteiger partial charge in [0, 0.05) is 34.9 Å². The van der Waals surface area contributed by atoms with Crippen molar-refractivity contribution in [2.45, 2.75) is 38.8 Å². The molecule has 0 aliphatic carbocycles. The van der Waals surface area contributed by atoms with E-state index in [9.17, 15) is 28.8 Å². The molecule has 5 rings (SSSR count). The van der Waals surface area contributed by atoms with Crippen LogP contribution in [0.3, 0.4) is 0 Å². The number of anilines is 4. The maximum Gasteiger partial charge on any atom is 0.258 e. The minimum Gasteiger partial charge on any atom is -0.490 e. The molecule has 4 N–H and O–H groups in total. The van der Waals surface area contributed by atoms with E-state index in [1.165, 1.54) is 54.6 Å². The van der Waals surface area contributed by atoms with Gasteiger partial charge in [0.05, 0.1) is 44.1 Å². The van der Waals surface area contributed by atoms with E-state index in [1.807, 2.05) is 24.3 Å². The number of ketones is 2. The van der Waals surface area contributed by atoms with Crippen LogP contribution in [0, 0.1) is 0 Å². The highest BCUT2D eigenvalue weighted by molar-refractivity contribution is 6.35. The van der Waals surface area contributed by atoms with Crippen molar-refractivity contribution in [1.29, 1.82) is 0 Å². The molecule has 4 amide bonds. The number of halogens is 5. The minimum absolute atomic E-state index is 0.0181. The lowest BCUT2D eigenvalue weighted by Crippen LogP contribution is -2.32. The summed E-state index contributed by atoms with van der Waals surface area (Å²) in [5, 5.41) is 27.0. The number of amides is 4. The van der Waals surface area contributed by atoms with E-state index in [4.69, 9.17) is 62.7 Å². The molecule has 0 spiro atoms. The Labute approximate surface area is 404 Å². The van der Waals surface area contributed by atoms with Crippen LogP contribution in [0.5, 0.6) is 5.75 Å². The first kappa shape index (κ1) is 50.8. The summed E-state index contributed by atoms with van der Waals surface area (Å²) >= 11 is 30.2. The Balaban J connectivity index is 1.26. The molecule has 66 heavy (non-hydrogen) atoms. The van der Waals surface area contributed by atoms with Gasteiger partial charge in [-0.15, -0.1) is 34.8 Å². The number of rotatable bonds is 21. The monoisotopic (exact) mass is 992 g/mol. The van der Waals surface area contributed by atoms with Crippen LogP contribution in [0.4, 0.5) is 34.1 Å². The van der Waals surface area contributed by atoms with Gasteiger partial charge in [0.15, 0.2) is 11.6 Å². The van der Waals surface area contributed by atoms with E-state index in [0.29, 0.717) is 36.0 Å². The molecular formula is C46H41Cl5N8O7. The molecule has 20 heteroatoms. The summed E-state index contributed by atoms with van der Waals surface area (Å²) in [5.41, 5.74) is 3.72. The van der Waals surface area contributed by atoms with Crippen LogP contribution < -0.4 is 26.0 Å². The quantitative estimate of drug-likeness (QED) is 0.0317. The molecule has 5 aromatic rings. The van der Waals surface area contributed by atoms with Crippen molar-refractivity contribution < 1.29 is 33.5 Å². The largest absolute Gasteiger partial charge is 0.490 e. The topological polar surface area (TPSA) is 209 Å². The van der Waals surface area contributed by atoms with E-state index in [2.05, 4.69) is 41.7 Å². The van der Waals surface area contributed by atoms with Crippen molar-refractivity contribution >= 4 is 127 Å². The summed E-state index contributed by atoms with van der Waals surface area (Å²) in [6.07, 6.45) is 1.36. The van der Waals surface area contributed by atoms with Gasteiger partial charge in [-0.2, -0.15) is 20.5 Å². The lowest BCUT2D eigenvalue weighted by molar-refractivity contribution is -0.127. The Hall–Kier alpha value is -6.23. The van der Waals surface area contributed by atoms with Gasteiger partial charge in [-0.1, -0.05) is 47.5 Å². The summed E-state index contributed by atoms with van der Waals surface area (Å²) in [5.74, 6) is -3.05. The van der Waals surface area contributed by atoms with Crippen molar-refractivity contribution in [2.75, 3.05) is 45.5 Å². The number of benzene rings is 5. The number of azo groups is 2. The third kappa shape index (κ3) is 14.6. The fourth-order valence-electron chi connectivity index (χ4n) is 5.89. The second kappa shape index (κ2) is 24.9. The zero-order valence-corrected chi connectivity index (χ0v) is 39.0. The van der Waals surface area contributed by atoms with E-state index < -0.39 is 47.3 Å². The number of ether oxygens (including phenoxy) is 1. The second-order valence-corrected chi connectivity index (χ2v) is 16.1. The van der Waals surface area contributed by atoms with Gasteiger partial charge in [-0.05, 0) is 111 Å². The molecule has 342 valence electrons. The normalized spacial score (nSPS) is 12.0. The number of hydrogen-bond acceptors (Lipinski definition) is 11. The van der Waals surface area contributed by atoms with E-state index in [1.54, 1.807) is 24.3 Å². The Kier molecular flexibility index (Phi) is 19.1. The number of carbonyl (C=O) groups excluding carboxylic acids is 6. The van der Waals surface area contributed by atoms with Crippen molar-refractivity contribution in [2.24, 2.45) is 20.5 Å². The summed E-state index contributed by atoms with van der Waals surface area (Å²) < 4.78 is 5.74. The smallest absolute Gasteiger partial charge is 0.258 e. The zero-order chi connectivity index (χ0) is 47.8. The van der Waals surface area contributed by atoms with Crippen LogP contribution in [-0.2, 0) is 32.0 Å². The maximum absolute atomic E-state index is 13.5. The molecule has 15 nitrogen and oxygen atoms in total. The van der Waals surface area contributed by atoms with E-state index in [-0.39, 0.29) is 62.2 Å². The minimum atomic E-state index is -1.63. The number of nitrogens with one attached hydrogen (secondary N) is 4. The number of hydrogen-bond donors (Lipinski definition) is 4. The number of alkyl halides is 3. The highest BCUT2D eigenvalue weighted by Crippen LogP contribution is 2.31. The second-order valence-electron chi connectivity index (χ2n) is 14.2. The van der Waals surface area contributed by atoms with Crippen LogP contribution in [0.25, 0.3) is 0 Å². The Morgan fingerprint density at radius 3 is 1.39 bits per heavy atom. The molecule has 0 fully saturated rings. The number of nitrogens with zero attached hydrogens (tertiary/aromatic N) is 4. The van der Waals surface area contributed by atoms with Crippen LogP contribution in [0.1, 0.15) is 45.7 Å². The van der Waals surface area contributed by atoms with Crippen LogP contribution >= 0.6 is 58.0 Å². The SMILES string of the molecule is CC(=O)C(N=Nc1ccc(Cl)c(C(=O)Nc2ccc(CCCl)cc2)c1)C(=O)Nc1ccc(NC(=O)C(N=Nc2ccc(Cl)c(C(=O)Nc3ccc(CCCl)cc3)c2)C(C)=O)c(OCCCl)c1. The molecule has 0 bridgehead atoms. The Morgan fingerprint density at radius 2 is 0.970 bits per heavy atom. The van der Waals surface area contributed by atoms with E-state index >= 15 is 0 Å². The highest BCUT2D eigenvalue weighted by atomic mass is 35.5. The van der Waals surface area contributed by atoms with Crippen molar-refractivity contribution in [3.63, 3.8) is 0 Å². The van der Waals surface area contributed by atoms with Crippen LogP contribution in [0.15, 0.2) is 124 Å². The molecule has 5 aromatic carbocycles. The molecule has 0 aromatic heterocycles. The number of Topliss-reactive ketones (excluding diaryl/α,β-unsaturated/α-hetero) is 2. The lowest BCUT2D eigenvalue weighted by atomic mass is 10.1. The number of aryl methyl sites for hydroxylation is 2. The van der Waals surface area contributed by atoms with Crippen LogP contribution in [0.2, 0.25) is 10.0 Å². The van der Waals surface area contributed by atoms with Gasteiger partial charge in [0.25, 0.3) is 23.6 Å². The van der Waals surface area contributed by atoms with Crippen molar-refractivity contribution in [3.8, 4) is 5.75 Å². The molecule has 0 radical (unpaired) electrons. The first-order chi connectivity index (χ1) is 31.7. The molecule has 0 aliphatic rings. The Bertz CT molecular complexity index is 2650. The van der Waals surface area contributed by atoms with Gasteiger partial charge >= 0.3 is 0 Å². The zero-order valence-electron chi connectivity index (χ0n) is 35.2. The molecule has 2 atom stereocenters. The highest BCUT2D eigenvalue weighted by Gasteiger charge is 2.26. The number of carbonyl (C=O) groups is 6. The third-order valence-corrected chi connectivity index (χ3v) is 10.5. The molecule has 0 heterocycles. The molecule has 0 aliphatic heterocycles. The molecule has 0 saturated carbocycles. The summed E-state index contributed by atoms with van der Waals surface area (Å²) in [4.78, 5) is 78.4. The first-order valence-electron chi connectivity index (χ1n) is 20.0. The van der Waals surface area contributed by atoms with Crippen molar-refractivity contribution in [3.05, 3.63) is 135 Å². The van der Waals surface area contributed by atoms with Crippen molar-refractivity contribution in [1.82, 2.24) is 0 Å². The van der Waals surface area contributed by atoms with Gasteiger partial charge < -0.3 is 26.0 Å². The third-order valence-electron chi connectivity index (χ3n) is 9.26. The summed E-state index contributed by atoms with van der Waals surface area (Å²) in [6.45, 7) is 2.30. The fourth-order valence-corrected chi connectivity index (χ4v) is 6.81. The maximum atomic E-state index is 13.5. The van der Waals surface area contributed by atoms with E-state index in [0.717, 1.165) is 25.0 Å². The standard InChI is InChI=1S/C46H41Cl5N8O7/c1-26(60)41(58-56-33-11-14-37(50)35(23-33)43(62)52-30-7-3-28(4-8-30)17-19-47)45(64)54-32-13-16-39(40(25-32)66-22-21-49)55-46(65)42(27(2)61)59-57-34-12-15-38(51)36(24-34)44(63)53-31-9-5-29(6-10-31)18-20-48/h3-16,23-25,41-42H,17-22H2,1-2H3,(H,52,62)(H,53,63)(H,54,64)(H,55,65). The predicted molar refractivity (Wildman–Crippen MR) is 258 cm³/mol. The fraction of sp³-hybridized carbons (Fsp3) is 0.217. The lowest BCUT2D eigenvalue weighted by Gasteiger charge is -2.16. The predicted octanol–water partition coefficient (Wildman–Crippen LogP) is 11.0. The average Bonchev–Trinajstić information content (AvgIpc) is 3.28. The molecular weight excluding hydrogens is 954 g/mol. The molecule has 2 unspecified atom stereocenters.